The number of amides is 1. The molecule has 2 rings (SSSR count). The van der Waals surface area contributed by atoms with Crippen molar-refractivity contribution in [3.05, 3.63) is 55.4 Å². The highest BCUT2D eigenvalue weighted by molar-refractivity contribution is 9.10. The van der Waals surface area contributed by atoms with Crippen LogP contribution in [0.2, 0.25) is 15.1 Å². The highest BCUT2D eigenvalue weighted by Gasteiger charge is 2.13. The van der Waals surface area contributed by atoms with Crippen molar-refractivity contribution in [1.29, 1.82) is 0 Å². The fraction of sp³-hybridized carbons (Fsp3) is 0. The van der Waals surface area contributed by atoms with E-state index in [2.05, 4.69) is 21.2 Å². The lowest BCUT2D eigenvalue weighted by Crippen LogP contribution is -2.12. The molecule has 2 aromatic rings. The Morgan fingerprint density at radius 3 is 2.45 bits per heavy atom. The Bertz CT molecular complexity index is 668. The molecule has 0 aliphatic carbocycles. The first-order chi connectivity index (χ1) is 9.38. The van der Waals surface area contributed by atoms with Gasteiger partial charge in [0.15, 0.2) is 0 Å². The summed E-state index contributed by atoms with van der Waals surface area (Å²) < 4.78 is 0.797. The SMILES string of the molecule is Nc1cc(C(=O)Nc2cc(Br)ccc2Cl)cc(Cl)c1Cl. The minimum absolute atomic E-state index is 0.220. The van der Waals surface area contributed by atoms with E-state index in [9.17, 15) is 4.79 Å². The maximum Gasteiger partial charge on any atom is 0.255 e. The minimum atomic E-state index is -0.379. The number of rotatable bonds is 2. The Morgan fingerprint density at radius 2 is 1.80 bits per heavy atom. The zero-order valence-corrected chi connectivity index (χ0v) is 13.7. The average molecular weight is 394 g/mol. The predicted octanol–water partition coefficient (Wildman–Crippen LogP) is 5.24. The number of halogens is 4. The van der Waals surface area contributed by atoms with Gasteiger partial charge in [0.25, 0.3) is 5.91 Å². The van der Waals surface area contributed by atoms with Crippen molar-refractivity contribution in [3.63, 3.8) is 0 Å². The number of hydrogen-bond donors (Lipinski definition) is 2. The number of nitrogens with two attached hydrogens (primary N) is 1. The van der Waals surface area contributed by atoms with Crippen molar-refractivity contribution in [2.75, 3.05) is 11.1 Å². The molecule has 20 heavy (non-hydrogen) atoms. The first-order valence-corrected chi connectivity index (χ1v) is 7.32. The van der Waals surface area contributed by atoms with Crippen LogP contribution in [0, 0.1) is 0 Å². The van der Waals surface area contributed by atoms with E-state index in [1.807, 2.05) is 0 Å². The molecule has 0 spiro atoms. The van der Waals surface area contributed by atoms with Crippen LogP contribution in [0.25, 0.3) is 0 Å². The van der Waals surface area contributed by atoms with Gasteiger partial charge in [0.1, 0.15) is 0 Å². The second kappa shape index (κ2) is 6.22. The normalized spacial score (nSPS) is 10.4. The number of nitrogens with one attached hydrogen (secondary N) is 1. The molecule has 7 heteroatoms. The smallest absolute Gasteiger partial charge is 0.255 e. The van der Waals surface area contributed by atoms with Crippen LogP contribution in [0.3, 0.4) is 0 Å². The van der Waals surface area contributed by atoms with Crippen LogP contribution in [-0.2, 0) is 0 Å². The van der Waals surface area contributed by atoms with Crippen LogP contribution in [-0.4, -0.2) is 5.91 Å². The van der Waals surface area contributed by atoms with Gasteiger partial charge in [-0.25, -0.2) is 0 Å². The standard InChI is InChI=1S/C13H8BrCl3N2O/c14-7-1-2-8(15)11(5-7)19-13(20)6-3-9(16)12(17)10(18)4-6/h1-5H,18H2,(H,19,20). The van der Waals surface area contributed by atoms with E-state index in [0.29, 0.717) is 16.3 Å². The van der Waals surface area contributed by atoms with E-state index in [-0.39, 0.29) is 21.6 Å². The molecule has 2 aromatic carbocycles. The second-order valence-corrected chi connectivity index (χ2v) is 6.05. The van der Waals surface area contributed by atoms with Gasteiger partial charge in [0.05, 0.1) is 26.4 Å². The molecule has 0 radical (unpaired) electrons. The minimum Gasteiger partial charge on any atom is -0.397 e. The number of anilines is 2. The van der Waals surface area contributed by atoms with Crippen molar-refractivity contribution in [2.24, 2.45) is 0 Å². The monoisotopic (exact) mass is 392 g/mol. The maximum atomic E-state index is 12.2. The second-order valence-electron chi connectivity index (χ2n) is 3.94. The van der Waals surface area contributed by atoms with Crippen molar-refractivity contribution >= 4 is 68.0 Å². The van der Waals surface area contributed by atoms with E-state index < -0.39 is 0 Å². The van der Waals surface area contributed by atoms with Crippen LogP contribution >= 0.6 is 50.7 Å². The largest absolute Gasteiger partial charge is 0.397 e. The van der Waals surface area contributed by atoms with Crippen LogP contribution < -0.4 is 11.1 Å². The van der Waals surface area contributed by atoms with E-state index in [1.54, 1.807) is 18.2 Å². The van der Waals surface area contributed by atoms with Crippen LogP contribution in [0.5, 0.6) is 0 Å². The highest BCUT2D eigenvalue weighted by atomic mass is 79.9. The summed E-state index contributed by atoms with van der Waals surface area (Å²) in [6.45, 7) is 0. The summed E-state index contributed by atoms with van der Waals surface area (Å²) in [6, 6.07) is 8.04. The quantitative estimate of drug-likeness (QED) is 0.684. The zero-order chi connectivity index (χ0) is 14.9. The maximum absolute atomic E-state index is 12.2. The third kappa shape index (κ3) is 3.38. The summed E-state index contributed by atoms with van der Waals surface area (Å²) in [5, 5.41) is 3.55. The zero-order valence-electron chi connectivity index (χ0n) is 9.88. The van der Waals surface area contributed by atoms with Gasteiger partial charge < -0.3 is 11.1 Å². The van der Waals surface area contributed by atoms with E-state index in [1.165, 1.54) is 12.1 Å². The van der Waals surface area contributed by atoms with Crippen LogP contribution in [0.1, 0.15) is 10.4 Å². The Balaban J connectivity index is 2.31. The van der Waals surface area contributed by atoms with Crippen molar-refractivity contribution < 1.29 is 4.79 Å². The summed E-state index contributed by atoms with van der Waals surface area (Å²) in [4.78, 5) is 12.2. The first-order valence-electron chi connectivity index (χ1n) is 5.39. The van der Waals surface area contributed by atoms with Gasteiger partial charge in [-0.2, -0.15) is 0 Å². The molecule has 0 fully saturated rings. The highest BCUT2D eigenvalue weighted by Crippen LogP contribution is 2.30. The lowest BCUT2D eigenvalue weighted by atomic mass is 10.2. The fourth-order valence-corrected chi connectivity index (χ4v) is 2.39. The fourth-order valence-electron chi connectivity index (χ4n) is 1.53. The summed E-state index contributed by atoms with van der Waals surface area (Å²) in [7, 11) is 0. The summed E-state index contributed by atoms with van der Waals surface area (Å²) in [6.07, 6.45) is 0. The average Bonchev–Trinajstić information content (AvgIpc) is 2.39. The lowest BCUT2D eigenvalue weighted by molar-refractivity contribution is 0.102. The third-order valence-electron chi connectivity index (χ3n) is 2.50. The number of benzene rings is 2. The van der Waals surface area contributed by atoms with Gasteiger partial charge >= 0.3 is 0 Å². The Morgan fingerprint density at radius 1 is 1.10 bits per heavy atom. The van der Waals surface area contributed by atoms with Crippen LogP contribution in [0.15, 0.2) is 34.8 Å². The van der Waals surface area contributed by atoms with Crippen LogP contribution in [0.4, 0.5) is 11.4 Å². The first kappa shape index (κ1) is 15.4. The van der Waals surface area contributed by atoms with Gasteiger partial charge in [-0.3, -0.25) is 4.79 Å². The molecule has 0 atom stereocenters. The van der Waals surface area contributed by atoms with Gasteiger partial charge in [-0.05, 0) is 30.3 Å². The van der Waals surface area contributed by atoms with E-state index >= 15 is 0 Å². The van der Waals surface area contributed by atoms with Crippen molar-refractivity contribution in [3.8, 4) is 0 Å². The van der Waals surface area contributed by atoms with Gasteiger partial charge in [-0.1, -0.05) is 50.7 Å². The van der Waals surface area contributed by atoms with Gasteiger partial charge in [0.2, 0.25) is 0 Å². The number of carbonyl (C=O) groups is 1. The molecule has 0 unspecified atom stereocenters. The summed E-state index contributed by atoms with van der Waals surface area (Å²) in [5.74, 6) is -0.379. The molecular weight excluding hydrogens is 386 g/mol. The summed E-state index contributed by atoms with van der Waals surface area (Å²) in [5.41, 5.74) is 6.70. The van der Waals surface area contributed by atoms with E-state index in [4.69, 9.17) is 40.5 Å². The molecule has 0 aliphatic heterocycles. The molecule has 3 nitrogen and oxygen atoms in total. The van der Waals surface area contributed by atoms with Crippen molar-refractivity contribution in [1.82, 2.24) is 0 Å². The molecule has 104 valence electrons. The topological polar surface area (TPSA) is 55.1 Å². The van der Waals surface area contributed by atoms with Gasteiger partial charge in [-0.15, -0.1) is 0 Å². The summed E-state index contributed by atoms with van der Waals surface area (Å²) >= 11 is 21.1. The number of hydrogen-bond acceptors (Lipinski definition) is 2. The molecule has 0 heterocycles. The molecule has 0 saturated heterocycles. The molecule has 1 amide bonds. The Hall–Kier alpha value is -0.940. The molecular formula is C13H8BrCl3N2O. The predicted molar refractivity (Wildman–Crippen MR) is 88.0 cm³/mol. The Labute approximate surface area is 139 Å². The Kier molecular flexibility index (Phi) is 4.81. The third-order valence-corrected chi connectivity index (χ3v) is 4.13. The molecule has 3 N–H and O–H groups in total. The van der Waals surface area contributed by atoms with Crippen molar-refractivity contribution in [2.45, 2.75) is 0 Å². The molecule has 0 aromatic heterocycles. The number of carbonyl (C=O) groups excluding carboxylic acids is 1. The molecule has 0 aliphatic rings. The van der Waals surface area contributed by atoms with E-state index in [0.717, 1.165) is 4.47 Å². The molecule has 0 bridgehead atoms. The van der Waals surface area contributed by atoms with Gasteiger partial charge in [0, 0.05) is 10.0 Å². The lowest BCUT2D eigenvalue weighted by Gasteiger charge is -2.09. The molecule has 0 saturated carbocycles. The number of nitrogen functional groups attached to an aromatic ring is 1.